The lowest BCUT2D eigenvalue weighted by Crippen LogP contribution is -2.29. The van der Waals surface area contributed by atoms with Crippen LogP contribution >= 0.6 is 0 Å². The summed E-state index contributed by atoms with van der Waals surface area (Å²) in [6, 6.07) is 0. The molecule has 0 saturated heterocycles. The largest absolute Gasteiger partial charge is 0.382 e. The molecule has 1 aliphatic heterocycles. The number of aromatic amines is 1. The average Bonchev–Trinajstić information content (AvgIpc) is 2.67. The minimum Gasteiger partial charge on any atom is -0.382 e. The second-order valence-corrected chi connectivity index (χ2v) is 3.91. The highest BCUT2D eigenvalue weighted by atomic mass is 16.2. The van der Waals surface area contributed by atoms with Gasteiger partial charge in [-0.15, -0.1) is 0 Å². The SMILES string of the molecule is CC(C)C(=O)N1Cc2[nH]nc(N)c2C1. The predicted octanol–water partition coefficient (Wildman–Crippen LogP) is 0.490. The lowest BCUT2D eigenvalue weighted by Gasteiger charge is -2.17. The number of fused-ring (bicyclic) bond motifs is 1. The van der Waals surface area contributed by atoms with Crippen LogP contribution in [-0.4, -0.2) is 21.0 Å². The molecule has 1 aromatic heterocycles. The van der Waals surface area contributed by atoms with Crippen LogP contribution in [0.25, 0.3) is 0 Å². The molecule has 2 heterocycles. The fourth-order valence-corrected chi connectivity index (χ4v) is 1.68. The predicted molar refractivity (Wildman–Crippen MR) is 52.1 cm³/mol. The molecule has 1 amide bonds. The van der Waals surface area contributed by atoms with E-state index in [9.17, 15) is 4.79 Å². The van der Waals surface area contributed by atoms with Crippen LogP contribution in [0.15, 0.2) is 0 Å². The van der Waals surface area contributed by atoms with Gasteiger partial charge < -0.3 is 10.6 Å². The standard InChI is InChI=1S/C9H14N4O/c1-5(2)9(14)13-3-6-7(4-13)11-12-8(6)10/h5H,3-4H2,1-2H3,(H3,10,11,12). The van der Waals surface area contributed by atoms with Crippen molar-refractivity contribution in [2.24, 2.45) is 5.92 Å². The van der Waals surface area contributed by atoms with Crippen molar-refractivity contribution in [3.8, 4) is 0 Å². The third-order valence-corrected chi connectivity index (χ3v) is 2.49. The molecule has 0 radical (unpaired) electrons. The molecule has 5 nitrogen and oxygen atoms in total. The van der Waals surface area contributed by atoms with Gasteiger partial charge in [-0.1, -0.05) is 13.8 Å². The molecule has 0 atom stereocenters. The molecule has 0 unspecified atom stereocenters. The van der Waals surface area contributed by atoms with Crippen molar-refractivity contribution in [3.05, 3.63) is 11.3 Å². The molecule has 5 heteroatoms. The smallest absolute Gasteiger partial charge is 0.225 e. The van der Waals surface area contributed by atoms with Crippen LogP contribution in [0.1, 0.15) is 25.1 Å². The molecule has 0 aliphatic carbocycles. The number of H-pyrrole nitrogens is 1. The van der Waals surface area contributed by atoms with Gasteiger partial charge in [-0.3, -0.25) is 9.89 Å². The molecule has 0 saturated carbocycles. The van der Waals surface area contributed by atoms with Crippen molar-refractivity contribution in [2.45, 2.75) is 26.9 Å². The van der Waals surface area contributed by atoms with Gasteiger partial charge in [-0.25, -0.2) is 0 Å². The number of hydrogen-bond donors (Lipinski definition) is 2. The molecule has 0 bridgehead atoms. The maximum Gasteiger partial charge on any atom is 0.225 e. The second kappa shape index (κ2) is 3.01. The quantitative estimate of drug-likeness (QED) is 0.683. The van der Waals surface area contributed by atoms with E-state index in [1.807, 2.05) is 13.8 Å². The first kappa shape index (κ1) is 9.05. The highest BCUT2D eigenvalue weighted by Gasteiger charge is 2.28. The normalized spacial score (nSPS) is 14.9. The zero-order valence-corrected chi connectivity index (χ0v) is 8.37. The van der Waals surface area contributed by atoms with Gasteiger partial charge in [0.15, 0.2) is 5.82 Å². The number of anilines is 1. The molecule has 3 N–H and O–H groups in total. The molecule has 0 aromatic carbocycles. The van der Waals surface area contributed by atoms with E-state index in [-0.39, 0.29) is 11.8 Å². The fraction of sp³-hybridized carbons (Fsp3) is 0.556. The fourth-order valence-electron chi connectivity index (χ4n) is 1.68. The van der Waals surface area contributed by atoms with E-state index in [0.29, 0.717) is 18.9 Å². The highest BCUT2D eigenvalue weighted by molar-refractivity contribution is 5.79. The molecule has 2 rings (SSSR count). The van der Waals surface area contributed by atoms with Gasteiger partial charge in [-0.05, 0) is 0 Å². The Bertz CT molecular complexity index is 369. The monoisotopic (exact) mass is 194 g/mol. The van der Waals surface area contributed by atoms with Crippen molar-refractivity contribution >= 4 is 11.7 Å². The van der Waals surface area contributed by atoms with Crippen molar-refractivity contribution < 1.29 is 4.79 Å². The first-order valence-corrected chi connectivity index (χ1v) is 4.70. The molecule has 76 valence electrons. The summed E-state index contributed by atoms with van der Waals surface area (Å²) in [5, 5.41) is 6.73. The Balaban J connectivity index is 2.16. The van der Waals surface area contributed by atoms with E-state index in [1.54, 1.807) is 4.90 Å². The summed E-state index contributed by atoms with van der Waals surface area (Å²) in [5.41, 5.74) is 7.59. The van der Waals surface area contributed by atoms with Crippen LogP contribution in [0.4, 0.5) is 5.82 Å². The van der Waals surface area contributed by atoms with Gasteiger partial charge in [-0.2, -0.15) is 5.10 Å². The van der Waals surface area contributed by atoms with Crippen LogP contribution in [0.2, 0.25) is 0 Å². The third kappa shape index (κ3) is 1.25. The molecule has 14 heavy (non-hydrogen) atoms. The number of carbonyl (C=O) groups excluding carboxylic acids is 1. The average molecular weight is 194 g/mol. The summed E-state index contributed by atoms with van der Waals surface area (Å²) < 4.78 is 0. The number of carbonyl (C=O) groups is 1. The minimum absolute atomic E-state index is 0.0354. The lowest BCUT2D eigenvalue weighted by molar-refractivity contribution is -0.135. The van der Waals surface area contributed by atoms with Gasteiger partial charge in [0, 0.05) is 11.5 Å². The summed E-state index contributed by atoms with van der Waals surface area (Å²) in [5.74, 6) is 0.709. The van der Waals surface area contributed by atoms with Crippen LogP contribution < -0.4 is 5.73 Å². The van der Waals surface area contributed by atoms with Gasteiger partial charge in [0.05, 0.1) is 18.8 Å². The molecule has 0 spiro atoms. The number of nitrogen functional groups attached to an aromatic ring is 1. The summed E-state index contributed by atoms with van der Waals surface area (Å²) in [7, 11) is 0. The van der Waals surface area contributed by atoms with E-state index < -0.39 is 0 Å². The van der Waals surface area contributed by atoms with Gasteiger partial charge >= 0.3 is 0 Å². The Kier molecular flexibility index (Phi) is 1.94. The van der Waals surface area contributed by atoms with Crippen LogP contribution in [-0.2, 0) is 17.9 Å². The van der Waals surface area contributed by atoms with E-state index in [1.165, 1.54) is 0 Å². The second-order valence-electron chi connectivity index (χ2n) is 3.91. The molecule has 1 aliphatic rings. The highest BCUT2D eigenvalue weighted by Crippen LogP contribution is 2.25. The first-order valence-electron chi connectivity index (χ1n) is 4.70. The Morgan fingerprint density at radius 1 is 1.57 bits per heavy atom. The maximum atomic E-state index is 11.7. The van der Waals surface area contributed by atoms with Crippen molar-refractivity contribution in [1.82, 2.24) is 15.1 Å². The van der Waals surface area contributed by atoms with Crippen molar-refractivity contribution in [2.75, 3.05) is 5.73 Å². The van der Waals surface area contributed by atoms with E-state index in [0.717, 1.165) is 11.3 Å². The van der Waals surface area contributed by atoms with Crippen LogP contribution in [0.5, 0.6) is 0 Å². The topological polar surface area (TPSA) is 75.0 Å². The van der Waals surface area contributed by atoms with Crippen LogP contribution in [0.3, 0.4) is 0 Å². The lowest BCUT2D eigenvalue weighted by atomic mass is 10.2. The number of rotatable bonds is 1. The molecule has 1 aromatic rings. The maximum absolute atomic E-state index is 11.7. The number of aromatic nitrogens is 2. The van der Waals surface area contributed by atoms with E-state index in [2.05, 4.69) is 10.2 Å². The zero-order chi connectivity index (χ0) is 10.3. The number of nitrogens with zero attached hydrogens (tertiary/aromatic N) is 2. The van der Waals surface area contributed by atoms with Gasteiger partial charge in [0.1, 0.15) is 0 Å². The molecular formula is C9H14N4O. The number of amides is 1. The van der Waals surface area contributed by atoms with Gasteiger partial charge in [0.25, 0.3) is 0 Å². The van der Waals surface area contributed by atoms with E-state index >= 15 is 0 Å². The Hall–Kier alpha value is -1.52. The molecule has 0 fully saturated rings. The number of nitrogens with two attached hydrogens (primary N) is 1. The third-order valence-electron chi connectivity index (χ3n) is 2.49. The van der Waals surface area contributed by atoms with Crippen LogP contribution in [0, 0.1) is 5.92 Å². The Morgan fingerprint density at radius 2 is 2.29 bits per heavy atom. The Morgan fingerprint density at radius 3 is 2.86 bits per heavy atom. The summed E-state index contributed by atoms with van der Waals surface area (Å²) >= 11 is 0. The van der Waals surface area contributed by atoms with Crippen molar-refractivity contribution in [1.29, 1.82) is 0 Å². The summed E-state index contributed by atoms with van der Waals surface area (Å²) in [4.78, 5) is 13.5. The summed E-state index contributed by atoms with van der Waals surface area (Å²) in [6.07, 6.45) is 0. The van der Waals surface area contributed by atoms with Gasteiger partial charge in [0.2, 0.25) is 5.91 Å². The minimum atomic E-state index is 0.0354. The van der Waals surface area contributed by atoms with Crippen molar-refractivity contribution in [3.63, 3.8) is 0 Å². The first-order chi connectivity index (χ1) is 6.59. The number of nitrogens with one attached hydrogen (secondary N) is 1. The number of hydrogen-bond acceptors (Lipinski definition) is 3. The Labute approximate surface area is 82.3 Å². The molecular weight excluding hydrogens is 180 g/mol. The zero-order valence-electron chi connectivity index (χ0n) is 8.37. The summed E-state index contributed by atoms with van der Waals surface area (Å²) in [6.45, 7) is 5.00. The van der Waals surface area contributed by atoms with E-state index in [4.69, 9.17) is 5.73 Å².